The van der Waals surface area contributed by atoms with E-state index in [9.17, 15) is 44.4 Å². The molecule has 244 valence electrons. The number of ether oxygens (including phenoxy) is 1. The molecule has 0 spiro atoms. The van der Waals surface area contributed by atoms with Crippen molar-refractivity contribution in [2.75, 3.05) is 6.61 Å². The van der Waals surface area contributed by atoms with Gasteiger partial charge in [0.2, 0.25) is 11.7 Å². The van der Waals surface area contributed by atoms with Crippen LogP contribution in [0.1, 0.15) is 83.3 Å². The van der Waals surface area contributed by atoms with Crippen LogP contribution in [0.5, 0.6) is 0 Å². The highest BCUT2D eigenvalue weighted by Gasteiger charge is 2.68. The van der Waals surface area contributed by atoms with Gasteiger partial charge in [-0.3, -0.25) is 19.2 Å². The fourth-order valence-electron chi connectivity index (χ4n) is 9.07. The lowest BCUT2D eigenvalue weighted by atomic mass is 9.45. The average molecular weight is 626 g/mol. The van der Waals surface area contributed by atoms with E-state index in [1.54, 1.807) is 24.3 Å². The zero-order valence-electron chi connectivity index (χ0n) is 25.7. The maximum absolute atomic E-state index is 13.5. The topological polar surface area (TPSA) is 188 Å². The van der Waals surface area contributed by atoms with Crippen molar-refractivity contribution in [3.8, 4) is 0 Å². The number of esters is 1. The van der Waals surface area contributed by atoms with Gasteiger partial charge in [0.25, 0.3) is 0 Å². The summed E-state index contributed by atoms with van der Waals surface area (Å²) in [7, 11) is 0. The van der Waals surface area contributed by atoms with E-state index >= 15 is 0 Å². The first-order valence-corrected chi connectivity index (χ1v) is 15.8. The van der Waals surface area contributed by atoms with E-state index in [-0.39, 0.29) is 41.8 Å². The first-order valence-electron chi connectivity index (χ1n) is 15.8. The molecular formula is C34H43NO10. The Kier molecular flexibility index (Phi) is 9.09. The van der Waals surface area contributed by atoms with E-state index in [4.69, 9.17) is 4.74 Å². The van der Waals surface area contributed by atoms with Crippen LogP contribution in [0.15, 0.2) is 42.0 Å². The molecule has 0 unspecified atom stereocenters. The Labute approximate surface area is 262 Å². The summed E-state index contributed by atoms with van der Waals surface area (Å²) in [6.45, 7) is 3.28. The van der Waals surface area contributed by atoms with Crippen molar-refractivity contribution in [3.05, 3.63) is 47.5 Å². The van der Waals surface area contributed by atoms with E-state index in [1.165, 1.54) is 12.1 Å². The highest BCUT2D eigenvalue weighted by Crippen LogP contribution is 2.67. The molecule has 11 heteroatoms. The van der Waals surface area contributed by atoms with Gasteiger partial charge in [-0.2, -0.15) is 0 Å². The zero-order chi connectivity index (χ0) is 32.7. The number of amides is 1. The van der Waals surface area contributed by atoms with Gasteiger partial charge in [0.15, 0.2) is 18.4 Å². The Morgan fingerprint density at radius 1 is 1.04 bits per heavy atom. The number of aliphatic hydroxyl groups is 3. The van der Waals surface area contributed by atoms with Gasteiger partial charge in [-0.1, -0.05) is 49.8 Å². The Bertz CT molecular complexity index is 1390. The average Bonchev–Trinajstić information content (AvgIpc) is 3.28. The second-order valence-corrected chi connectivity index (χ2v) is 13.8. The van der Waals surface area contributed by atoms with Crippen LogP contribution < -0.4 is 5.32 Å². The molecule has 0 aromatic heterocycles. The molecule has 11 nitrogen and oxygen atoms in total. The molecule has 0 aliphatic heterocycles. The number of hydrogen-bond acceptors (Lipinski definition) is 9. The Balaban J connectivity index is 1.17. The second kappa shape index (κ2) is 12.4. The van der Waals surface area contributed by atoms with E-state index in [0.29, 0.717) is 24.8 Å². The molecule has 3 saturated carbocycles. The SMILES string of the molecule is C[C@]12CCC(=O)C=C1CC[C@@H]1[C@@H]2[C@@H](O)C[C@@]2(C)[C@H]1CC[C@]2(O)C(=O)COC(=O)CCC(=O)N[C@H](C(=O)O)[C@@H](O)c1ccccc1. The molecule has 1 aromatic carbocycles. The molecule has 0 radical (unpaired) electrons. The number of allylic oxidation sites excluding steroid dienone is 1. The van der Waals surface area contributed by atoms with Crippen molar-refractivity contribution in [2.45, 2.75) is 95.5 Å². The number of carboxylic acid groups (broad SMARTS) is 1. The minimum Gasteiger partial charge on any atom is -0.480 e. The number of carbonyl (C=O) groups is 5. The van der Waals surface area contributed by atoms with Crippen molar-refractivity contribution < 1.29 is 49.1 Å². The normalized spacial score (nSPS) is 35.1. The lowest BCUT2D eigenvalue weighted by Crippen LogP contribution is -2.62. The van der Waals surface area contributed by atoms with Crippen LogP contribution in [-0.4, -0.2) is 74.2 Å². The smallest absolute Gasteiger partial charge is 0.329 e. The summed E-state index contributed by atoms with van der Waals surface area (Å²) in [6, 6.07) is 6.35. The van der Waals surface area contributed by atoms with Gasteiger partial charge < -0.3 is 30.5 Å². The number of benzene rings is 1. The third kappa shape index (κ3) is 5.86. The van der Waals surface area contributed by atoms with Crippen molar-refractivity contribution in [2.24, 2.45) is 28.6 Å². The monoisotopic (exact) mass is 625 g/mol. The number of hydrogen-bond donors (Lipinski definition) is 5. The zero-order valence-corrected chi connectivity index (χ0v) is 25.7. The van der Waals surface area contributed by atoms with E-state index < -0.39 is 72.3 Å². The molecule has 1 aromatic rings. The van der Waals surface area contributed by atoms with Gasteiger partial charge >= 0.3 is 11.9 Å². The largest absolute Gasteiger partial charge is 0.480 e. The number of carbonyl (C=O) groups excluding carboxylic acids is 4. The van der Waals surface area contributed by atoms with E-state index in [1.807, 2.05) is 6.92 Å². The number of nitrogens with one attached hydrogen (secondary N) is 1. The number of aliphatic carboxylic acids is 1. The van der Waals surface area contributed by atoms with Gasteiger partial charge in [0.1, 0.15) is 11.7 Å². The molecule has 4 aliphatic carbocycles. The van der Waals surface area contributed by atoms with Gasteiger partial charge in [-0.25, -0.2) is 4.79 Å². The van der Waals surface area contributed by atoms with Crippen LogP contribution in [0.3, 0.4) is 0 Å². The highest BCUT2D eigenvalue weighted by atomic mass is 16.5. The quantitative estimate of drug-likeness (QED) is 0.242. The Morgan fingerprint density at radius 2 is 1.76 bits per heavy atom. The first kappa shape index (κ1) is 33.0. The second-order valence-electron chi connectivity index (χ2n) is 13.8. The molecule has 9 atom stereocenters. The fraction of sp³-hybridized carbons (Fsp3) is 0.618. The van der Waals surface area contributed by atoms with Crippen LogP contribution in [-0.2, 0) is 28.7 Å². The maximum atomic E-state index is 13.5. The molecule has 4 aliphatic rings. The summed E-state index contributed by atoms with van der Waals surface area (Å²) in [5.41, 5.74) is -1.63. The van der Waals surface area contributed by atoms with Crippen LogP contribution in [0.25, 0.3) is 0 Å². The molecule has 0 heterocycles. The summed E-state index contributed by atoms with van der Waals surface area (Å²) >= 11 is 0. The Morgan fingerprint density at radius 3 is 2.44 bits per heavy atom. The summed E-state index contributed by atoms with van der Waals surface area (Å²) in [5, 5.41) is 45.5. The number of rotatable bonds is 10. The van der Waals surface area contributed by atoms with E-state index in [2.05, 4.69) is 12.2 Å². The predicted octanol–water partition coefficient (Wildman–Crippen LogP) is 2.42. The number of fused-ring (bicyclic) bond motifs is 5. The number of ketones is 2. The van der Waals surface area contributed by atoms with Crippen molar-refractivity contribution in [1.29, 1.82) is 0 Å². The molecule has 1 amide bonds. The van der Waals surface area contributed by atoms with Crippen LogP contribution >= 0.6 is 0 Å². The lowest BCUT2D eigenvalue weighted by molar-refractivity contribution is -0.184. The van der Waals surface area contributed by atoms with Gasteiger partial charge in [-0.15, -0.1) is 0 Å². The summed E-state index contributed by atoms with van der Waals surface area (Å²) in [5.74, 6) is -3.66. The molecule has 0 bridgehead atoms. The first-order chi connectivity index (χ1) is 21.2. The molecule has 3 fully saturated rings. The van der Waals surface area contributed by atoms with Crippen molar-refractivity contribution >= 4 is 29.4 Å². The van der Waals surface area contributed by atoms with Crippen molar-refractivity contribution in [1.82, 2.24) is 5.32 Å². The highest BCUT2D eigenvalue weighted by molar-refractivity contribution is 5.92. The summed E-state index contributed by atoms with van der Waals surface area (Å²) in [4.78, 5) is 62.2. The van der Waals surface area contributed by atoms with Gasteiger partial charge in [0.05, 0.1) is 12.5 Å². The van der Waals surface area contributed by atoms with Crippen LogP contribution in [0.2, 0.25) is 0 Å². The number of carboxylic acids is 1. The number of Topliss-reactive ketones (excluding diaryl/α,β-unsaturated/α-hetero) is 1. The maximum Gasteiger partial charge on any atom is 0.329 e. The fourth-order valence-corrected chi connectivity index (χ4v) is 9.07. The predicted molar refractivity (Wildman–Crippen MR) is 159 cm³/mol. The van der Waals surface area contributed by atoms with Crippen LogP contribution in [0.4, 0.5) is 0 Å². The minimum absolute atomic E-state index is 0.0244. The number of aliphatic hydroxyl groups excluding tert-OH is 2. The summed E-state index contributed by atoms with van der Waals surface area (Å²) < 4.78 is 5.16. The third-order valence-electron chi connectivity index (χ3n) is 11.5. The van der Waals surface area contributed by atoms with Crippen LogP contribution in [0, 0.1) is 28.6 Å². The van der Waals surface area contributed by atoms with Gasteiger partial charge in [-0.05, 0) is 73.3 Å². The Hall–Kier alpha value is -3.41. The van der Waals surface area contributed by atoms with Gasteiger partial charge in [0, 0.05) is 18.3 Å². The lowest BCUT2D eigenvalue weighted by Gasteiger charge is -2.60. The molecular weight excluding hydrogens is 582 g/mol. The molecule has 0 saturated heterocycles. The summed E-state index contributed by atoms with van der Waals surface area (Å²) in [6.07, 6.45) is 2.23. The minimum atomic E-state index is -1.80. The molecule has 45 heavy (non-hydrogen) atoms. The van der Waals surface area contributed by atoms with E-state index in [0.717, 1.165) is 18.4 Å². The third-order valence-corrected chi connectivity index (χ3v) is 11.5. The molecule has 5 N–H and O–H groups in total. The molecule has 5 rings (SSSR count). The standard InChI is InChI=1S/C34H43NO10/c1-32-14-12-21(36)16-20(32)8-9-22-23-13-15-34(44,33(23,2)17-24(37)28(22)32)25(38)18-45-27(40)11-10-26(39)35-29(31(42)43)30(41)19-6-4-3-5-7-19/h3-7,16,22-24,28-30,37,41,44H,8-15,17-18H2,1-2H3,(H,35,39)(H,42,43)/t22-,23-,24-,28+,29-,30-,32-,33-,34-/m0/s1. The van der Waals surface area contributed by atoms with Crippen molar-refractivity contribution in [3.63, 3.8) is 0 Å².